The van der Waals surface area contributed by atoms with Crippen LogP contribution in [0.15, 0.2) is 36.4 Å². The summed E-state index contributed by atoms with van der Waals surface area (Å²) in [5.74, 6) is 0.885. The smallest absolute Gasteiger partial charge is 0.394 e. The van der Waals surface area contributed by atoms with Gasteiger partial charge in [0, 0.05) is 0 Å². The molecule has 0 unspecified atom stereocenters. The fourth-order valence-electron chi connectivity index (χ4n) is 2.16. The van der Waals surface area contributed by atoms with E-state index in [4.69, 9.17) is 20.9 Å². The Hall–Kier alpha value is -1.48. The Morgan fingerprint density at radius 1 is 0.773 bits per heavy atom. The molecule has 22 heavy (non-hydrogen) atoms. The monoisotopic (exact) mass is 340 g/mol. The van der Waals surface area contributed by atoms with E-state index >= 15 is 0 Å². The fraction of sp³-hybridized carbons (Fsp3) is 0.250. The van der Waals surface area contributed by atoms with Crippen molar-refractivity contribution in [2.24, 2.45) is 0 Å². The van der Waals surface area contributed by atoms with E-state index < -0.39 is 7.82 Å². The van der Waals surface area contributed by atoms with Crippen LogP contribution in [0.4, 0.5) is 0 Å². The Bertz CT molecular complexity index is 632. The van der Waals surface area contributed by atoms with Gasteiger partial charge in [0.25, 0.3) is 0 Å². The molecule has 0 amide bonds. The van der Waals surface area contributed by atoms with E-state index in [9.17, 15) is 4.57 Å². The highest BCUT2D eigenvalue weighted by molar-refractivity contribution is 7.50. The molecule has 0 saturated carbocycles. The van der Waals surface area contributed by atoms with Crippen molar-refractivity contribution in [2.75, 3.05) is 0 Å². The van der Waals surface area contributed by atoms with E-state index in [1.54, 1.807) is 0 Å². The third-order valence-electron chi connectivity index (χ3n) is 3.31. The number of para-hydroxylation sites is 2. The Kier molecular flexibility index (Phi) is 5.17. The Labute approximate surface area is 135 Å². The lowest BCUT2D eigenvalue weighted by atomic mass is 10.1. The van der Waals surface area contributed by atoms with Crippen LogP contribution in [0.3, 0.4) is 0 Å². The van der Waals surface area contributed by atoms with Gasteiger partial charge in [0.2, 0.25) is 0 Å². The Morgan fingerprint density at radius 2 is 1.09 bits per heavy atom. The zero-order valence-electron chi connectivity index (χ0n) is 12.9. The maximum Gasteiger partial charge on any atom is 0.604 e. The van der Waals surface area contributed by atoms with Crippen molar-refractivity contribution in [3.05, 3.63) is 58.7 Å². The maximum atomic E-state index is 12.7. The first-order valence-corrected chi connectivity index (χ1v) is 8.55. The van der Waals surface area contributed by atoms with Gasteiger partial charge in [0.15, 0.2) is 0 Å². The van der Waals surface area contributed by atoms with Crippen molar-refractivity contribution in [3.8, 4) is 11.5 Å². The van der Waals surface area contributed by atoms with Gasteiger partial charge in [-0.2, -0.15) is 4.08 Å². The standard InChI is InChI=1S/C16H18ClO4P/c1-11-7-5-8-12(2)15(11)19-22(18,21-17)20-16-13(3)9-6-10-14(16)4/h5-10H,1-4H3. The van der Waals surface area contributed by atoms with Gasteiger partial charge in [0.1, 0.15) is 11.5 Å². The third kappa shape index (κ3) is 3.64. The summed E-state index contributed by atoms with van der Waals surface area (Å²) < 4.78 is 28.3. The van der Waals surface area contributed by atoms with Gasteiger partial charge < -0.3 is 9.05 Å². The van der Waals surface area contributed by atoms with Crippen molar-refractivity contribution in [1.82, 2.24) is 0 Å². The second-order valence-corrected chi connectivity index (χ2v) is 6.95. The molecule has 4 nitrogen and oxygen atoms in total. The van der Waals surface area contributed by atoms with E-state index in [2.05, 4.69) is 4.08 Å². The molecule has 0 heterocycles. The number of aryl methyl sites for hydroxylation is 4. The molecule has 0 radical (unpaired) electrons. The Morgan fingerprint density at radius 3 is 1.36 bits per heavy atom. The van der Waals surface area contributed by atoms with E-state index in [1.165, 1.54) is 0 Å². The number of phosphoric acid groups is 1. The summed E-state index contributed by atoms with van der Waals surface area (Å²) in [5, 5.41) is 0. The molecule has 2 aromatic rings. The fourth-order valence-corrected chi connectivity index (χ4v) is 3.44. The van der Waals surface area contributed by atoms with Crippen LogP contribution in [-0.4, -0.2) is 0 Å². The molecule has 118 valence electrons. The highest BCUT2D eigenvalue weighted by Gasteiger charge is 2.33. The molecule has 2 rings (SSSR count). The van der Waals surface area contributed by atoms with Gasteiger partial charge in [-0.3, -0.25) is 0 Å². The predicted octanol–water partition coefficient (Wildman–Crippen LogP) is 5.66. The molecule has 0 aliphatic carbocycles. The minimum Gasteiger partial charge on any atom is -0.394 e. The minimum atomic E-state index is -3.99. The van der Waals surface area contributed by atoms with Gasteiger partial charge in [-0.25, -0.2) is 4.57 Å². The number of halogens is 1. The number of benzene rings is 2. The molecule has 0 bridgehead atoms. The predicted molar refractivity (Wildman–Crippen MR) is 87.6 cm³/mol. The second kappa shape index (κ2) is 6.74. The van der Waals surface area contributed by atoms with Crippen LogP contribution in [0, 0.1) is 27.7 Å². The van der Waals surface area contributed by atoms with Gasteiger partial charge in [-0.1, -0.05) is 36.4 Å². The molecular weight excluding hydrogens is 323 g/mol. The molecule has 0 N–H and O–H groups in total. The van der Waals surface area contributed by atoms with Crippen LogP contribution in [0.5, 0.6) is 11.5 Å². The summed E-state index contributed by atoms with van der Waals surface area (Å²) in [6.07, 6.45) is 0. The van der Waals surface area contributed by atoms with Crippen molar-refractivity contribution < 1.29 is 17.7 Å². The van der Waals surface area contributed by atoms with Crippen LogP contribution in [0.1, 0.15) is 22.3 Å². The van der Waals surface area contributed by atoms with E-state index in [0.29, 0.717) is 11.5 Å². The summed E-state index contributed by atoms with van der Waals surface area (Å²) in [4.78, 5) is 0. The molecule has 2 aromatic carbocycles. The van der Waals surface area contributed by atoms with Crippen LogP contribution in [0.25, 0.3) is 0 Å². The molecule has 0 aliphatic heterocycles. The molecular formula is C16H18ClO4P. The quantitative estimate of drug-likeness (QED) is 0.659. The highest BCUT2D eigenvalue weighted by Crippen LogP contribution is 2.52. The van der Waals surface area contributed by atoms with E-state index in [1.807, 2.05) is 64.1 Å². The first-order valence-electron chi connectivity index (χ1n) is 6.78. The number of hydrogen-bond donors (Lipinski definition) is 0. The SMILES string of the molecule is Cc1cccc(C)c1OP(=O)(OCl)Oc1c(C)cccc1C. The maximum absolute atomic E-state index is 12.7. The lowest BCUT2D eigenvalue weighted by Gasteiger charge is -2.20. The van der Waals surface area contributed by atoms with E-state index in [0.717, 1.165) is 22.3 Å². The highest BCUT2D eigenvalue weighted by atomic mass is 35.5. The van der Waals surface area contributed by atoms with Crippen LogP contribution >= 0.6 is 19.7 Å². The summed E-state index contributed by atoms with van der Waals surface area (Å²) in [7, 11) is -3.99. The van der Waals surface area contributed by atoms with E-state index in [-0.39, 0.29) is 0 Å². The van der Waals surface area contributed by atoms with Gasteiger partial charge in [-0.05, 0) is 49.9 Å². The van der Waals surface area contributed by atoms with Crippen LogP contribution < -0.4 is 9.05 Å². The molecule has 0 spiro atoms. The summed E-state index contributed by atoms with van der Waals surface area (Å²) in [6.45, 7) is 7.39. The zero-order chi connectivity index (χ0) is 16.3. The Balaban J connectivity index is 2.36. The van der Waals surface area contributed by atoms with Crippen molar-refractivity contribution >= 4 is 19.7 Å². The van der Waals surface area contributed by atoms with Gasteiger partial charge in [0.05, 0.1) is 11.9 Å². The molecule has 0 aromatic heterocycles. The number of rotatable bonds is 5. The molecule has 0 aliphatic rings. The number of hydrogen-bond acceptors (Lipinski definition) is 4. The lowest BCUT2D eigenvalue weighted by molar-refractivity contribution is 0.305. The zero-order valence-corrected chi connectivity index (χ0v) is 14.6. The van der Waals surface area contributed by atoms with Crippen LogP contribution in [0.2, 0.25) is 0 Å². The molecule has 6 heteroatoms. The van der Waals surface area contributed by atoms with Crippen molar-refractivity contribution in [1.29, 1.82) is 0 Å². The minimum absolute atomic E-state index is 0.442. The molecule has 0 fully saturated rings. The second-order valence-electron chi connectivity index (χ2n) is 5.14. The summed E-state index contributed by atoms with van der Waals surface area (Å²) in [6, 6.07) is 11.2. The first kappa shape index (κ1) is 16.9. The summed E-state index contributed by atoms with van der Waals surface area (Å²) >= 11 is 5.40. The lowest BCUT2D eigenvalue weighted by Crippen LogP contribution is -2.04. The number of phosphoric ester groups is 1. The largest absolute Gasteiger partial charge is 0.604 e. The average molecular weight is 341 g/mol. The summed E-state index contributed by atoms with van der Waals surface area (Å²) in [5.41, 5.74) is 3.27. The molecule has 0 atom stereocenters. The molecule has 0 saturated heterocycles. The first-order chi connectivity index (χ1) is 10.4. The topological polar surface area (TPSA) is 44.8 Å². The third-order valence-corrected chi connectivity index (χ3v) is 4.80. The van der Waals surface area contributed by atoms with Gasteiger partial charge in [-0.15, -0.1) is 0 Å². The average Bonchev–Trinajstić information content (AvgIpc) is 2.47. The normalized spacial score (nSPS) is 11.3. The van der Waals surface area contributed by atoms with Crippen molar-refractivity contribution in [3.63, 3.8) is 0 Å². The van der Waals surface area contributed by atoms with Crippen molar-refractivity contribution in [2.45, 2.75) is 27.7 Å². The van der Waals surface area contributed by atoms with Gasteiger partial charge >= 0.3 is 7.82 Å². The van der Waals surface area contributed by atoms with Crippen LogP contribution in [-0.2, 0) is 8.64 Å².